The summed E-state index contributed by atoms with van der Waals surface area (Å²) in [6.07, 6.45) is 4.44. The normalized spacial score (nSPS) is 10.9. The fraction of sp³-hybridized carbons (Fsp3) is 0.0714. The number of hydrogen-bond acceptors (Lipinski definition) is 2. The van der Waals surface area contributed by atoms with Crippen LogP contribution >= 0.6 is 15.9 Å². The van der Waals surface area contributed by atoms with Crippen molar-refractivity contribution >= 4 is 33.6 Å². The lowest BCUT2D eigenvalue weighted by molar-refractivity contribution is -0.111. The number of carbonyl (C=O) groups excluding carboxylic acids is 1. The van der Waals surface area contributed by atoms with Crippen molar-refractivity contribution in [1.29, 1.82) is 0 Å². The van der Waals surface area contributed by atoms with E-state index in [-0.39, 0.29) is 11.7 Å². The van der Waals surface area contributed by atoms with E-state index in [0.717, 1.165) is 0 Å². The van der Waals surface area contributed by atoms with Crippen LogP contribution in [0.5, 0.6) is 0 Å². The molecule has 1 aromatic heterocycles. The summed E-state index contributed by atoms with van der Waals surface area (Å²) in [4.78, 5) is 11.7. The molecule has 3 nitrogen and oxygen atoms in total. The van der Waals surface area contributed by atoms with Crippen molar-refractivity contribution in [3.8, 4) is 0 Å². The Kier molecular flexibility index (Phi) is 4.16. The fourth-order valence-corrected chi connectivity index (χ4v) is 1.84. The molecule has 1 heterocycles. The third-order valence-electron chi connectivity index (χ3n) is 2.47. The highest BCUT2D eigenvalue weighted by Gasteiger charge is 2.07. The second kappa shape index (κ2) is 5.84. The van der Waals surface area contributed by atoms with Crippen molar-refractivity contribution < 1.29 is 13.6 Å². The average Bonchev–Trinajstić information content (AvgIpc) is 2.86. The molecule has 0 radical (unpaired) electrons. The molecule has 1 aromatic carbocycles. The predicted octanol–water partition coefficient (Wildman–Crippen LogP) is 4.14. The van der Waals surface area contributed by atoms with Crippen molar-refractivity contribution in [2.75, 3.05) is 5.32 Å². The zero-order valence-electron chi connectivity index (χ0n) is 10.1. The van der Waals surface area contributed by atoms with Gasteiger partial charge in [0.15, 0.2) is 0 Å². The van der Waals surface area contributed by atoms with E-state index < -0.39 is 0 Å². The second-order valence-corrected chi connectivity index (χ2v) is 4.77. The van der Waals surface area contributed by atoms with Crippen LogP contribution in [0.3, 0.4) is 0 Å². The van der Waals surface area contributed by atoms with Gasteiger partial charge < -0.3 is 9.73 Å². The first-order valence-electron chi connectivity index (χ1n) is 5.54. The minimum atomic E-state index is -0.360. The summed E-state index contributed by atoms with van der Waals surface area (Å²) < 4.78 is 18.6. The van der Waals surface area contributed by atoms with Crippen LogP contribution in [0.4, 0.5) is 10.1 Å². The van der Waals surface area contributed by atoms with Crippen LogP contribution in [0.1, 0.15) is 11.3 Å². The first-order valence-corrected chi connectivity index (χ1v) is 6.34. The van der Waals surface area contributed by atoms with E-state index in [4.69, 9.17) is 4.42 Å². The van der Waals surface area contributed by atoms with Crippen LogP contribution in [0.15, 0.2) is 45.5 Å². The maximum Gasteiger partial charge on any atom is 0.248 e. The molecule has 0 aliphatic heterocycles. The molecule has 0 atom stereocenters. The number of furan rings is 1. The van der Waals surface area contributed by atoms with Gasteiger partial charge in [-0.05, 0) is 58.8 Å². The Balaban J connectivity index is 2.09. The number of aryl methyl sites for hydroxylation is 1. The van der Waals surface area contributed by atoms with Gasteiger partial charge in [0.25, 0.3) is 0 Å². The maximum atomic E-state index is 13.2. The Bertz CT molecular complexity index is 621. The average molecular weight is 324 g/mol. The SMILES string of the molecule is Cc1cc(F)c(Br)cc1NC(=O)/C=C/c1ccco1. The molecular formula is C14H11BrFNO2. The quantitative estimate of drug-likeness (QED) is 0.862. The van der Waals surface area contributed by atoms with Crippen molar-refractivity contribution in [3.05, 3.63) is 58.2 Å². The van der Waals surface area contributed by atoms with Crippen molar-refractivity contribution in [2.24, 2.45) is 0 Å². The topological polar surface area (TPSA) is 42.2 Å². The van der Waals surface area contributed by atoms with E-state index >= 15 is 0 Å². The Hall–Kier alpha value is -1.88. The summed E-state index contributed by atoms with van der Waals surface area (Å²) in [7, 11) is 0. The van der Waals surface area contributed by atoms with Gasteiger partial charge in [-0.15, -0.1) is 0 Å². The lowest BCUT2D eigenvalue weighted by Gasteiger charge is -2.07. The molecule has 98 valence electrons. The van der Waals surface area contributed by atoms with Crippen LogP contribution < -0.4 is 5.32 Å². The van der Waals surface area contributed by atoms with Gasteiger partial charge in [0.1, 0.15) is 11.6 Å². The molecule has 1 N–H and O–H groups in total. The van der Waals surface area contributed by atoms with Gasteiger partial charge >= 0.3 is 0 Å². The fourth-order valence-electron chi connectivity index (χ4n) is 1.50. The number of carbonyl (C=O) groups is 1. The van der Waals surface area contributed by atoms with Gasteiger partial charge in [-0.25, -0.2) is 4.39 Å². The molecule has 0 spiro atoms. The lowest BCUT2D eigenvalue weighted by Crippen LogP contribution is -2.09. The van der Waals surface area contributed by atoms with Crippen molar-refractivity contribution in [1.82, 2.24) is 0 Å². The predicted molar refractivity (Wildman–Crippen MR) is 75.2 cm³/mol. The molecule has 5 heteroatoms. The van der Waals surface area contributed by atoms with Crippen LogP contribution in [-0.4, -0.2) is 5.91 Å². The van der Waals surface area contributed by atoms with Gasteiger partial charge in [-0.1, -0.05) is 0 Å². The zero-order valence-corrected chi connectivity index (χ0v) is 11.7. The molecule has 1 amide bonds. The standard InChI is InChI=1S/C14H11BrFNO2/c1-9-7-12(16)11(15)8-13(9)17-14(18)5-4-10-3-2-6-19-10/h2-8H,1H3,(H,17,18)/b5-4+. The summed E-state index contributed by atoms with van der Waals surface area (Å²) in [5.41, 5.74) is 1.21. The maximum absolute atomic E-state index is 13.2. The number of anilines is 1. The number of amides is 1. The first-order chi connectivity index (χ1) is 9.06. The minimum absolute atomic E-state index is 0.307. The molecule has 0 fully saturated rings. The van der Waals surface area contributed by atoms with E-state index in [2.05, 4.69) is 21.2 Å². The van der Waals surface area contributed by atoms with Gasteiger partial charge in [0.05, 0.1) is 10.7 Å². The van der Waals surface area contributed by atoms with Crippen LogP contribution in [0, 0.1) is 12.7 Å². The third kappa shape index (κ3) is 3.54. The van der Waals surface area contributed by atoms with E-state index in [1.807, 2.05) is 0 Å². The Morgan fingerprint density at radius 3 is 2.95 bits per heavy atom. The van der Waals surface area contributed by atoms with Gasteiger partial charge in [0, 0.05) is 11.8 Å². The van der Waals surface area contributed by atoms with Gasteiger partial charge in [0.2, 0.25) is 5.91 Å². The molecule has 19 heavy (non-hydrogen) atoms. The highest BCUT2D eigenvalue weighted by atomic mass is 79.9. The molecule has 0 unspecified atom stereocenters. The molecule has 2 rings (SSSR count). The third-order valence-corrected chi connectivity index (χ3v) is 3.08. The van der Waals surface area contributed by atoms with E-state index in [0.29, 0.717) is 21.5 Å². The van der Waals surface area contributed by atoms with Gasteiger partial charge in [-0.2, -0.15) is 0 Å². The molecule has 0 aliphatic carbocycles. The number of halogens is 2. The number of benzene rings is 1. The Morgan fingerprint density at radius 1 is 1.47 bits per heavy atom. The van der Waals surface area contributed by atoms with E-state index in [1.165, 1.54) is 24.5 Å². The number of nitrogens with one attached hydrogen (secondary N) is 1. The van der Waals surface area contributed by atoms with Gasteiger partial charge in [-0.3, -0.25) is 4.79 Å². The number of rotatable bonds is 3. The Labute approximate surface area is 118 Å². The summed E-state index contributed by atoms with van der Waals surface area (Å²) in [5, 5.41) is 2.68. The minimum Gasteiger partial charge on any atom is -0.465 e. The molecule has 0 bridgehead atoms. The van der Waals surface area contributed by atoms with Crippen LogP contribution in [-0.2, 0) is 4.79 Å². The summed E-state index contributed by atoms with van der Waals surface area (Å²) >= 11 is 3.08. The summed E-state index contributed by atoms with van der Waals surface area (Å²) in [6.45, 7) is 1.72. The summed E-state index contributed by atoms with van der Waals surface area (Å²) in [5.74, 6) is -0.0770. The molecule has 2 aromatic rings. The van der Waals surface area contributed by atoms with Crippen molar-refractivity contribution in [2.45, 2.75) is 6.92 Å². The molecule has 0 saturated carbocycles. The highest BCUT2D eigenvalue weighted by Crippen LogP contribution is 2.24. The molecular weight excluding hydrogens is 313 g/mol. The molecule has 0 aliphatic rings. The Morgan fingerprint density at radius 2 is 2.26 bits per heavy atom. The smallest absolute Gasteiger partial charge is 0.248 e. The first kappa shape index (κ1) is 13.5. The summed E-state index contributed by atoms with van der Waals surface area (Å²) in [6, 6.07) is 6.36. The largest absolute Gasteiger partial charge is 0.465 e. The zero-order chi connectivity index (χ0) is 13.8. The van der Waals surface area contributed by atoms with E-state index in [9.17, 15) is 9.18 Å². The lowest BCUT2D eigenvalue weighted by atomic mass is 10.2. The monoisotopic (exact) mass is 323 g/mol. The second-order valence-electron chi connectivity index (χ2n) is 3.92. The van der Waals surface area contributed by atoms with Crippen molar-refractivity contribution in [3.63, 3.8) is 0 Å². The van der Waals surface area contributed by atoms with Crippen LogP contribution in [0.2, 0.25) is 0 Å². The van der Waals surface area contributed by atoms with Crippen LogP contribution in [0.25, 0.3) is 6.08 Å². The number of hydrogen-bond donors (Lipinski definition) is 1. The van der Waals surface area contributed by atoms with E-state index in [1.54, 1.807) is 25.1 Å². The molecule has 0 saturated heterocycles. The highest BCUT2D eigenvalue weighted by molar-refractivity contribution is 9.10.